The van der Waals surface area contributed by atoms with Crippen LogP contribution in [0, 0.1) is 23.1 Å². The molecule has 162 valence electrons. The first-order valence-electron chi connectivity index (χ1n) is 10.4. The lowest BCUT2D eigenvalue weighted by Crippen LogP contribution is -2.32. The Bertz CT molecular complexity index is 1160. The summed E-state index contributed by atoms with van der Waals surface area (Å²) in [5.41, 5.74) is 6.13. The first-order valence-corrected chi connectivity index (χ1v) is 10.4. The Hall–Kier alpha value is -3.44. The number of nitrogens with two attached hydrogens (primary N) is 1. The number of fused-ring (bicyclic) bond motifs is 1. The molecule has 2 heterocycles. The number of nitrogens with zero attached hydrogens (tertiary/aromatic N) is 3. The van der Waals surface area contributed by atoms with Crippen molar-refractivity contribution in [1.82, 2.24) is 14.9 Å². The molecule has 1 aliphatic heterocycles. The van der Waals surface area contributed by atoms with E-state index < -0.39 is 5.82 Å². The second-order valence-corrected chi connectivity index (χ2v) is 7.13. The lowest BCUT2D eigenvalue weighted by atomic mass is 9.98. The highest BCUT2D eigenvalue weighted by Gasteiger charge is 2.17. The van der Waals surface area contributed by atoms with Gasteiger partial charge in [0.15, 0.2) is 11.6 Å². The maximum Gasteiger partial charge on any atom is 0.261 e. The molecule has 3 aromatic rings. The number of nitrogen functional groups attached to an aromatic ring is 1. The molecule has 0 saturated carbocycles. The summed E-state index contributed by atoms with van der Waals surface area (Å²) in [5.74, 6) is -0.305. The molecular formula is C23H26FN5O2. The molecule has 0 aliphatic carbocycles. The van der Waals surface area contributed by atoms with Crippen LogP contribution < -0.4 is 21.3 Å². The molecule has 1 aliphatic rings. The molecule has 7 nitrogen and oxygen atoms in total. The third kappa shape index (κ3) is 4.84. The van der Waals surface area contributed by atoms with Crippen LogP contribution in [0.5, 0.6) is 11.5 Å². The van der Waals surface area contributed by atoms with Gasteiger partial charge in [0.1, 0.15) is 17.4 Å². The van der Waals surface area contributed by atoms with E-state index in [1.807, 2.05) is 19.9 Å². The van der Waals surface area contributed by atoms with Crippen LogP contribution in [0.3, 0.4) is 0 Å². The molecule has 1 saturated heterocycles. The van der Waals surface area contributed by atoms with Gasteiger partial charge in [0, 0.05) is 6.54 Å². The molecule has 0 radical (unpaired) electrons. The van der Waals surface area contributed by atoms with Crippen molar-refractivity contribution >= 4 is 16.6 Å². The molecule has 0 unspecified atom stereocenters. The van der Waals surface area contributed by atoms with Gasteiger partial charge in [-0.25, -0.2) is 9.37 Å². The first-order chi connectivity index (χ1) is 15.1. The summed E-state index contributed by atoms with van der Waals surface area (Å²) in [6.07, 6.45) is 3.59. The summed E-state index contributed by atoms with van der Waals surface area (Å²) in [6.45, 7) is 6.51. The van der Waals surface area contributed by atoms with Gasteiger partial charge in [-0.1, -0.05) is 13.8 Å². The van der Waals surface area contributed by atoms with E-state index >= 15 is 0 Å². The van der Waals surface area contributed by atoms with Crippen LogP contribution in [0.2, 0.25) is 0 Å². The standard InChI is InChI=1S/C21H20FN5O2.C2H6/c22-17-2-3-18(24)16(10-23)20(17)29-14-1-4-19-15(9-14)21(28)27(12-26-19)11-13-5-7-25-8-6-13;1-2/h1-4,9,12-13,25H,5-8,11,24H2;1-2H3. The van der Waals surface area contributed by atoms with E-state index in [-0.39, 0.29) is 28.3 Å². The molecular weight excluding hydrogens is 397 g/mol. The number of rotatable bonds is 4. The molecule has 3 N–H and O–H groups in total. The molecule has 0 amide bonds. The number of ether oxygens (including phenoxy) is 1. The summed E-state index contributed by atoms with van der Waals surface area (Å²) in [7, 11) is 0. The van der Waals surface area contributed by atoms with Gasteiger partial charge in [0.25, 0.3) is 5.56 Å². The topological polar surface area (TPSA) is 106 Å². The van der Waals surface area contributed by atoms with Gasteiger partial charge in [-0.3, -0.25) is 9.36 Å². The van der Waals surface area contributed by atoms with Crippen LogP contribution in [0.4, 0.5) is 10.1 Å². The van der Waals surface area contributed by atoms with Crippen molar-refractivity contribution in [3.63, 3.8) is 0 Å². The minimum Gasteiger partial charge on any atom is -0.453 e. The molecule has 1 fully saturated rings. The van der Waals surface area contributed by atoms with E-state index in [1.165, 1.54) is 12.1 Å². The Morgan fingerprint density at radius 1 is 1.29 bits per heavy atom. The van der Waals surface area contributed by atoms with Gasteiger partial charge in [-0.15, -0.1) is 0 Å². The lowest BCUT2D eigenvalue weighted by Gasteiger charge is -2.23. The molecule has 1 aromatic heterocycles. The van der Waals surface area contributed by atoms with Gasteiger partial charge in [-0.2, -0.15) is 5.26 Å². The Morgan fingerprint density at radius 3 is 2.74 bits per heavy atom. The Balaban J connectivity index is 0.00000132. The highest BCUT2D eigenvalue weighted by atomic mass is 19.1. The van der Waals surface area contributed by atoms with E-state index in [0.717, 1.165) is 32.0 Å². The van der Waals surface area contributed by atoms with Gasteiger partial charge >= 0.3 is 0 Å². The molecule has 0 atom stereocenters. The summed E-state index contributed by atoms with van der Waals surface area (Å²) in [4.78, 5) is 17.3. The fourth-order valence-corrected chi connectivity index (χ4v) is 3.58. The second kappa shape index (κ2) is 10.0. The molecule has 2 aromatic carbocycles. The lowest BCUT2D eigenvalue weighted by molar-refractivity contribution is 0.329. The molecule has 8 heteroatoms. The van der Waals surface area contributed by atoms with Crippen LogP contribution in [0.15, 0.2) is 41.5 Å². The van der Waals surface area contributed by atoms with Gasteiger partial charge in [0.2, 0.25) is 0 Å². The van der Waals surface area contributed by atoms with Crippen molar-refractivity contribution in [2.75, 3.05) is 18.8 Å². The average Bonchev–Trinajstić information content (AvgIpc) is 2.81. The summed E-state index contributed by atoms with van der Waals surface area (Å²) >= 11 is 0. The smallest absolute Gasteiger partial charge is 0.261 e. The average molecular weight is 423 g/mol. The Kier molecular flexibility index (Phi) is 7.21. The van der Waals surface area contributed by atoms with Crippen LogP contribution in [-0.4, -0.2) is 22.6 Å². The van der Waals surface area contributed by atoms with Crippen LogP contribution in [0.25, 0.3) is 10.9 Å². The third-order valence-corrected chi connectivity index (χ3v) is 5.18. The van der Waals surface area contributed by atoms with Gasteiger partial charge < -0.3 is 15.8 Å². The number of hydrogen-bond donors (Lipinski definition) is 2. The molecule has 0 bridgehead atoms. The quantitative estimate of drug-likeness (QED) is 0.618. The normalized spacial score (nSPS) is 13.9. The van der Waals surface area contributed by atoms with Crippen molar-refractivity contribution in [2.45, 2.75) is 33.2 Å². The third-order valence-electron chi connectivity index (χ3n) is 5.18. The highest BCUT2D eigenvalue weighted by Crippen LogP contribution is 2.32. The molecule has 4 rings (SSSR count). The number of benzene rings is 2. The zero-order chi connectivity index (χ0) is 22.4. The predicted molar refractivity (Wildman–Crippen MR) is 119 cm³/mol. The summed E-state index contributed by atoms with van der Waals surface area (Å²) in [5, 5.41) is 13.0. The van der Waals surface area contributed by atoms with Crippen LogP contribution in [0.1, 0.15) is 32.3 Å². The number of nitrogens with one attached hydrogen (secondary N) is 1. The number of hydrogen-bond acceptors (Lipinski definition) is 6. The predicted octanol–water partition coefficient (Wildman–Crippen LogP) is 3.81. The van der Waals surface area contributed by atoms with E-state index in [4.69, 9.17) is 10.5 Å². The zero-order valence-corrected chi connectivity index (χ0v) is 17.7. The van der Waals surface area contributed by atoms with E-state index in [0.29, 0.717) is 23.4 Å². The Labute approximate surface area is 180 Å². The number of aromatic nitrogens is 2. The van der Waals surface area contributed by atoms with Crippen molar-refractivity contribution in [2.24, 2.45) is 5.92 Å². The first kappa shape index (κ1) is 22.2. The van der Waals surface area contributed by atoms with Gasteiger partial charge in [0.05, 0.1) is 22.9 Å². The zero-order valence-electron chi connectivity index (χ0n) is 17.7. The number of nitriles is 1. The van der Waals surface area contributed by atoms with Crippen molar-refractivity contribution < 1.29 is 9.13 Å². The van der Waals surface area contributed by atoms with Crippen molar-refractivity contribution in [3.05, 3.63) is 58.4 Å². The fraction of sp³-hybridized carbons (Fsp3) is 0.348. The largest absolute Gasteiger partial charge is 0.453 e. The number of anilines is 1. The van der Waals surface area contributed by atoms with Crippen LogP contribution >= 0.6 is 0 Å². The number of piperidine rings is 1. The maximum atomic E-state index is 14.2. The summed E-state index contributed by atoms with van der Waals surface area (Å²) < 4.78 is 21.4. The summed E-state index contributed by atoms with van der Waals surface area (Å²) in [6, 6.07) is 9.04. The van der Waals surface area contributed by atoms with E-state index in [1.54, 1.807) is 23.0 Å². The number of halogens is 1. The van der Waals surface area contributed by atoms with Crippen molar-refractivity contribution in [1.29, 1.82) is 5.26 Å². The molecule has 31 heavy (non-hydrogen) atoms. The van der Waals surface area contributed by atoms with Crippen LogP contribution in [-0.2, 0) is 6.54 Å². The molecule has 0 spiro atoms. The van der Waals surface area contributed by atoms with E-state index in [2.05, 4.69) is 10.3 Å². The van der Waals surface area contributed by atoms with Crippen molar-refractivity contribution in [3.8, 4) is 17.6 Å². The SMILES string of the molecule is CC.N#Cc1c(N)ccc(F)c1Oc1ccc2ncn(CC3CCNCC3)c(=O)c2c1. The Morgan fingerprint density at radius 2 is 2.03 bits per heavy atom. The minimum absolute atomic E-state index is 0.0837. The van der Waals surface area contributed by atoms with E-state index in [9.17, 15) is 14.4 Å². The minimum atomic E-state index is -0.703. The highest BCUT2D eigenvalue weighted by molar-refractivity contribution is 5.79. The fourth-order valence-electron chi connectivity index (χ4n) is 3.58. The monoisotopic (exact) mass is 423 g/mol. The maximum absolute atomic E-state index is 14.2. The second-order valence-electron chi connectivity index (χ2n) is 7.13. The van der Waals surface area contributed by atoms with Gasteiger partial charge in [-0.05, 0) is 62.2 Å².